The molecule has 1 saturated heterocycles. The van der Waals surface area contributed by atoms with Crippen molar-refractivity contribution in [3.8, 4) is 11.5 Å². The predicted octanol–water partition coefficient (Wildman–Crippen LogP) is 5.26. The standard InChI is InChI=1S/C26H26N2O3/c1-3-19-10-7-9-18(2)24(19)27-26(30)25(28-16-15-23(28)29)20-11-8-14-22(17-20)31-21-12-5-4-6-13-21/h4-14,17,25H,3,15-16H2,1-2H3,(H,27,30). The van der Waals surface area contributed by atoms with Crippen molar-refractivity contribution < 1.29 is 14.3 Å². The molecule has 31 heavy (non-hydrogen) atoms. The number of aryl methyl sites for hydroxylation is 2. The van der Waals surface area contributed by atoms with E-state index in [2.05, 4.69) is 12.2 Å². The summed E-state index contributed by atoms with van der Waals surface area (Å²) >= 11 is 0. The van der Waals surface area contributed by atoms with E-state index in [1.807, 2.05) is 79.7 Å². The van der Waals surface area contributed by atoms with Gasteiger partial charge in [0.15, 0.2) is 0 Å². The van der Waals surface area contributed by atoms with Gasteiger partial charge in [-0.05, 0) is 54.3 Å². The van der Waals surface area contributed by atoms with Crippen molar-refractivity contribution in [1.29, 1.82) is 0 Å². The van der Waals surface area contributed by atoms with E-state index < -0.39 is 6.04 Å². The molecule has 2 amide bonds. The summed E-state index contributed by atoms with van der Waals surface area (Å²) in [6, 6.07) is 22.2. The van der Waals surface area contributed by atoms with Gasteiger partial charge in [0.2, 0.25) is 5.91 Å². The van der Waals surface area contributed by atoms with Crippen LogP contribution in [0, 0.1) is 6.92 Å². The number of ether oxygens (including phenoxy) is 1. The van der Waals surface area contributed by atoms with Crippen LogP contribution in [-0.4, -0.2) is 23.3 Å². The summed E-state index contributed by atoms with van der Waals surface area (Å²) in [7, 11) is 0. The molecule has 0 bridgehead atoms. The lowest BCUT2D eigenvalue weighted by atomic mass is 9.99. The highest BCUT2D eigenvalue weighted by Crippen LogP contribution is 2.32. The molecule has 0 aromatic heterocycles. The Balaban J connectivity index is 1.64. The van der Waals surface area contributed by atoms with Crippen LogP contribution in [-0.2, 0) is 16.0 Å². The first-order chi connectivity index (χ1) is 15.1. The third kappa shape index (κ3) is 4.45. The number of para-hydroxylation sites is 2. The van der Waals surface area contributed by atoms with E-state index >= 15 is 0 Å². The molecule has 1 aliphatic heterocycles. The van der Waals surface area contributed by atoms with Crippen LogP contribution in [0.2, 0.25) is 0 Å². The third-order valence-electron chi connectivity index (χ3n) is 5.59. The molecule has 1 atom stereocenters. The van der Waals surface area contributed by atoms with Crippen molar-refractivity contribution in [1.82, 2.24) is 4.90 Å². The maximum absolute atomic E-state index is 13.4. The fourth-order valence-corrected chi connectivity index (χ4v) is 3.84. The number of β-lactam (4-membered cyclic amide) rings is 1. The predicted molar refractivity (Wildman–Crippen MR) is 121 cm³/mol. The topological polar surface area (TPSA) is 58.6 Å². The molecule has 5 nitrogen and oxygen atoms in total. The Labute approximate surface area is 182 Å². The van der Waals surface area contributed by atoms with Crippen molar-refractivity contribution in [2.75, 3.05) is 11.9 Å². The fourth-order valence-electron chi connectivity index (χ4n) is 3.84. The van der Waals surface area contributed by atoms with Crippen LogP contribution in [0.25, 0.3) is 0 Å². The maximum atomic E-state index is 13.4. The summed E-state index contributed by atoms with van der Waals surface area (Å²) in [6.45, 7) is 4.60. The second-order valence-electron chi connectivity index (χ2n) is 7.68. The summed E-state index contributed by atoms with van der Waals surface area (Å²) in [6.07, 6.45) is 1.28. The monoisotopic (exact) mass is 414 g/mol. The van der Waals surface area contributed by atoms with Gasteiger partial charge in [-0.2, -0.15) is 0 Å². The van der Waals surface area contributed by atoms with Gasteiger partial charge in [-0.1, -0.05) is 55.5 Å². The Morgan fingerprint density at radius 2 is 1.77 bits per heavy atom. The number of hydrogen-bond donors (Lipinski definition) is 1. The number of nitrogens with one attached hydrogen (secondary N) is 1. The first kappa shape index (κ1) is 20.7. The van der Waals surface area contributed by atoms with E-state index in [0.717, 1.165) is 28.8 Å². The van der Waals surface area contributed by atoms with Crippen molar-refractivity contribution in [3.05, 3.63) is 89.5 Å². The average molecular weight is 415 g/mol. The lowest BCUT2D eigenvalue weighted by molar-refractivity contribution is -0.147. The zero-order valence-corrected chi connectivity index (χ0v) is 17.8. The maximum Gasteiger partial charge on any atom is 0.251 e. The van der Waals surface area contributed by atoms with Crippen LogP contribution >= 0.6 is 0 Å². The van der Waals surface area contributed by atoms with Gasteiger partial charge in [-0.25, -0.2) is 0 Å². The van der Waals surface area contributed by atoms with Gasteiger partial charge in [0.1, 0.15) is 17.5 Å². The molecule has 1 N–H and O–H groups in total. The van der Waals surface area contributed by atoms with Crippen molar-refractivity contribution in [2.45, 2.75) is 32.7 Å². The number of nitrogens with zero attached hydrogens (tertiary/aromatic N) is 1. The number of anilines is 1. The molecule has 5 heteroatoms. The summed E-state index contributed by atoms with van der Waals surface area (Å²) in [5.74, 6) is 1.11. The molecule has 1 aliphatic rings. The molecule has 3 aromatic carbocycles. The quantitative estimate of drug-likeness (QED) is 0.537. The number of likely N-dealkylation sites (tertiary alicyclic amines) is 1. The number of carbonyl (C=O) groups is 2. The van der Waals surface area contributed by atoms with Crippen molar-refractivity contribution in [3.63, 3.8) is 0 Å². The lowest BCUT2D eigenvalue weighted by Gasteiger charge is -2.37. The Morgan fingerprint density at radius 1 is 1.03 bits per heavy atom. The Morgan fingerprint density at radius 3 is 2.45 bits per heavy atom. The Bertz CT molecular complexity index is 1090. The highest BCUT2D eigenvalue weighted by atomic mass is 16.5. The van der Waals surface area contributed by atoms with Crippen LogP contribution in [0.3, 0.4) is 0 Å². The van der Waals surface area contributed by atoms with E-state index in [0.29, 0.717) is 24.5 Å². The molecule has 1 fully saturated rings. The van der Waals surface area contributed by atoms with Gasteiger partial charge in [0, 0.05) is 18.7 Å². The lowest BCUT2D eigenvalue weighted by Crippen LogP contribution is -2.49. The minimum Gasteiger partial charge on any atom is -0.457 e. The zero-order chi connectivity index (χ0) is 21.8. The number of amides is 2. The largest absolute Gasteiger partial charge is 0.457 e. The molecular formula is C26H26N2O3. The van der Waals surface area contributed by atoms with E-state index in [1.165, 1.54) is 0 Å². The van der Waals surface area contributed by atoms with Crippen molar-refractivity contribution >= 4 is 17.5 Å². The van der Waals surface area contributed by atoms with Crippen LogP contribution < -0.4 is 10.1 Å². The van der Waals surface area contributed by atoms with Gasteiger partial charge in [0.05, 0.1) is 0 Å². The molecule has 0 radical (unpaired) electrons. The number of carbonyl (C=O) groups excluding carboxylic acids is 2. The molecule has 1 heterocycles. The van der Waals surface area contributed by atoms with Crippen LogP contribution in [0.5, 0.6) is 11.5 Å². The molecule has 3 aromatic rings. The first-order valence-corrected chi connectivity index (χ1v) is 10.6. The second kappa shape index (κ2) is 9.04. The molecule has 4 rings (SSSR count). The minimum absolute atomic E-state index is 0.0185. The Hall–Kier alpha value is -3.60. The number of benzene rings is 3. The fraction of sp³-hybridized carbons (Fsp3) is 0.231. The number of rotatable bonds is 7. The smallest absolute Gasteiger partial charge is 0.251 e. The van der Waals surface area contributed by atoms with Crippen LogP contribution in [0.15, 0.2) is 72.8 Å². The summed E-state index contributed by atoms with van der Waals surface area (Å²) in [5, 5.41) is 3.09. The molecular weight excluding hydrogens is 388 g/mol. The van der Waals surface area contributed by atoms with Gasteiger partial charge in [-0.3, -0.25) is 9.59 Å². The molecule has 158 valence electrons. The summed E-state index contributed by atoms with van der Waals surface area (Å²) < 4.78 is 5.95. The average Bonchev–Trinajstić information content (AvgIpc) is 2.78. The Kier molecular flexibility index (Phi) is 6.03. The van der Waals surface area contributed by atoms with Crippen LogP contribution in [0.1, 0.15) is 36.1 Å². The van der Waals surface area contributed by atoms with Gasteiger partial charge < -0.3 is 15.0 Å². The normalized spacial score (nSPS) is 14.0. The van der Waals surface area contributed by atoms with E-state index in [-0.39, 0.29) is 11.8 Å². The SMILES string of the molecule is CCc1cccc(C)c1NC(=O)C(c1cccc(Oc2ccccc2)c1)N1CCC1=O. The highest BCUT2D eigenvalue weighted by Gasteiger charge is 2.37. The minimum atomic E-state index is -0.704. The molecule has 0 spiro atoms. The summed E-state index contributed by atoms with van der Waals surface area (Å²) in [5.41, 5.74) is 3.63. The van der Waals surface area contributed by atoms with E-state index in [4.69, 9.17) is 4.74 Å². The van der Waals surface area contributed by atoms with Crippen LogP contribution in [0.4, 0.5) is 5.69 Å². The van der Waals surface area contributed by atoms with Gasteiger partial charge in [0.25, 0.3) is 5.91 Å². The van der Waals surface area contributed by atoms with Gasteiger partial charge in [-0.15, -0.1) is 0 Å². The molecule has 0 aliphatic carbocycles. The van der Waals surface area contributed by atoms with Gasteiger partial charge >= 0.3 is 0 Å². The number of hydrogen-bond acceptors (Lipinski definition) is 3. The van der Waals surface area contributed by atoms with E-state index in [1.54, 1.807) is 4.90 Å². The first-order valence-electron chi connectivity index (χ1n) is 10.6. The zero-order valence-electron chi connectivity index (χ0n) is 17.8. The molecule has 1 unspecified atom stereocenters. The molecule has 0 saturated carbocycles. The van der Waals surface area contributed by atoms with E-state index in [9.17, 15) is 9.59 Å². The third-order valence-corrected chi connectivity index (χ3v) is 5.59. The highest BCUT2D eigenvalue weighted by molar-refractivity contribution is 6.00. The summed E-state index contributed by atoms with van der Waals surface area (Å²) in [4.78, 5) is 27.3. The second-order valence-corrected chi connectivity index (χ2v) is 7.68. The van der Waals surface area contributed by atoms with Crippen molar-refractivity contribution in [2.24, 2.45) is 0 Å².